The highest BCUT2D eigenvalue weighted by Crippen LogP contribution is 2.24. The molecule has 3 rings (SSSR count). The first-order chi connectivity index (χ1) is 11.0. The molecule has 2 heterocycles. The normalized spacial score (nSPS) is 17.8. The second kappa shape index (κ2) is 6.42. The number of thiazole rings is 1. The number of nitrogens with zero attached hydrogens (tertiary/aromatic N) is 3. The number of carbonyl (C=O) groups is 1. The number of carbonyl (C=O) groups excluding carboxylic acids is 1. The van der Waals surface area contributed by atoms with Gasteiger partial charge in [0.1, 0.15) is 4.88 Å². The summed E-state index contributed by atoms with van der Waals surface area (Å²) < 4.78 is 0. The fourth-order valence-corrected chi connectivity index (χ4v) is 4.14. The predicted molar refractivity (Wildman–Crippen MR) is 93.9 cm³/mol. The molecule has 23 heavy (non-hydrogen) atoms. The van der Waals surface area contributed by atoms with E-state index in [0.717, 1.165) is 35.1 Å². The molecular formula is C18H23N3OS. The Hall–Kier alpha value is -1.72. The summed E-state index contributed by atoms with van der Waals surface area (Å²) in [7, 11) is 4.03. The molecule has 1 aliphatic rings. The van der Waals surface area contributed by atoms with Crippen LogP contribution in [0, 0.1) is 13.8 Å². The smallest absolute Gasteiger partial charge is 0.265 e. The Kier molecular flexibility index (Phi) is 4.50. The Labute approximate surface area is 141 Å². The number of hydrogen-bond donors (Lipinski definition) is 0. The molecule has 1 atom stereocenters. The van der Waals surface area contributed by atoms with Gasteiger partial charge in [-0.1, -0.05) is 24.3 Å². The van der Waals surface area contributed by atoms with Gasteiger partial charge in [-0.25, -0.2) is 4.98 Å². The minimum Gasteiger partial charge on any atom is -0.339 e. The molecule has 122 valence electrons. The second-order valence-corrected chi connectivity index (χ2v) is 7.58. The molecule has 1 aliphatic heterocycles. The number of hydrogen-bond acceptors (Lipinski definition) is 4. The first-order valence-corrected chi connectivity index (χ1v) is 8.74. The van der Waals surface area contributed by atoms with Crippen LogP contribution in [0.25, 0.3) is 0 Å². The van der Waals surface area contributed by atoms with Crippen molar-refractivity contribution in [1.29, 1.82) is 0 Å². The van der Waals surface area contributed by atoms with E-state index in [0.29, 0.717) is 6.04 Å². The zero-order valence-electron chi connectivity index (χ0n) is 14.2. The molecule has 0 aliphatic carbocycles. The van der Waals surface area contributed by atoms with Crippen LogP contribution in [0.2, 0.25) is 0 Å². The molecule has 0 unspecified atom stereocenters. The highest BCUT2D eigenvalue weighted by molar-refractivity contribution is 7.13. The maximum Gasteiger partial charge on any atom is 0.265 e. The monoisotopic (exact) mass is 329 g/mol. The summed E-state index contributed by atoms with van der Waals surface area (Å²) in [4.78, 5) is 22.0. The summed E-state index contributed by atoms with van der Waals surface area (Å²) in [5.74, 6) is 0.0837. The lowest BCUT2D eigenvalue weighted by Crippen LogP contribution is -2.46. The minimum atomic E-state index is 0.0837. The van der Waals surface area contributed by atoms with Crippen LogP contribution in [0.3, 0.4) is 0 Å². The maximum absolute atomic E-state index is 12.7. The van der Waals surface area contributed by atoms with Crippen LogP contribution in [-0.4, -0.2) is 47.4 Å². The van der Waals surface area contributed by atoms with Gasteiger partial charge in [0.25, 0.3) is 5.91 Å². The fourth-order valence-electron chi connectivity index (χ4n) is 3.22. The molecule has 0 spiro atoms. The van der Waals surface area contributed by atoms with E-state index < -0.39 is 0 Å². The van der Waals surface area contributed by atoms with Gasteiger partial charge in [-0.3, -0.25) is 9.69 Å². The molecule has 5 heteroatoms. The Balaban J connectivity index is 1.72. The SMILES string of the molecule is Cc1nc(C)c(C(=O)N(C)C[C@H]2Cc3ccccc3CN2C)s1. The van der Waals surface area contributed by atoms with Gasteiger partial charge >= 0.3 is 0 Å². The van der Waals surface area contributed by atoms with Crippen LogP contribution < -0.4 is 0 Å². The Morgan fingerprint density at radius 2 is 2.04 bits per heavy atom. The Morgan fingerprint density at radius 1 is 1.35 bits per heavy atom. The Bertz CT molecular complexity index is 725. The summed E-state index contributed by atoms with van der Waals surface area (Å²) in [5, 5.41) is 0.947. The van der Waals surface area contributed by atoms with Crippen LogP contribution in [0.15, 0.2) is 24.3 Å². The summed E-state index contributed by atoms with van der Waals surface area (Å²) in [6, 6.07) is 8.94. The minimum absolute atomic E-state index is 0.0837. The summed E-state index contributed by atoms with van der Waals surface area (Å²) >= 11 is 1.49. The molecule has 0 saturated carbocycles. The van der Waals surface area contributed by atoms with E-state index >= 15 is 0 Å². The van der Waals surface area contributed by atoms with Crippen LogP contribution in [0.4, 0.5) is 0 Å². The molecule has 0 saturated heterocycles. The standard InChI is InChI=1S/C18H23N3OS/c1-12-17(23-13(2)19-12)18(22)21(4)11-16-9-14-7-5-6-8-15(14)10-20(16)3/h5-8,16H,9-11H2,1-4H3/t16-/m1/s1. The van der Waals surface area contributed by atoms with Crippen molar-refractivity contribution < 1.29 is 4.79 Å². The molecule has 0 N–H and O–H groups in total. The molecule has 2 aromatic rings. The van der Waals surface area contributed by atoms with Crippen molar-refractivity contribution >= 4 is 17.2 Å². The first-order valence-electron chi connectivity index (χ1n) is 7.92. The molecule has 1 amide bonds. The van der Waals surface area contributed by atoms with Gasteiger partial charge in [0.15, 0.2) is 0 Å². The highest BCUT2D eigenvalue weighted by Gasteiger charge is 2.26. The van der Waals surface area contributed by atoms with E-state index in [9.17, 15) is 4.79 Å². The molecular weight excluding hydrogens is 306 g/mol. The van der Waals surface area contributed by atoms with Crippen molar-refractivity contribution in [3.8, 4) is 0 Å². The van der Waals surface area contributed by atoms with Crippen molar-refractivity contribution in [2.75, 3.05) is 20.6 Å². The average Bonchev–Trinajstić information content (AvgIpc) is 2.85. The van der Waals surface area contributed by atoms with E-state index in [4.69, 9.17) is 0 Å². The number of rotatable bonds is 3. The quantitative estimate of drug-likeness (QED) is 0.869. The largest absolute Gasteiger partial charge is 0.339 e. The Morgan fingerprint density at radius 3 is 2.70 bits per heavy atom. The molecule has 4 nitrogen and oxygen atoms in total. The van der Waals surface area contributed by atoms with E-state index in [1.807, 2.05) is 25.8 Å². The average molecular weight is 329 g/mol. The van der Waals surface area contributed by atoms with Crippen LogP contribution in [-0.2, 0) is 13.0 Å². The van der Waals surface area contributed by atoms with Gasteiger partial charge in [-0.05, 0) is 38.4 Å². The topological polar surface area (TPSA) is 36.4 Å². The third-order valence-electron chi connectivity index (χ3n) is 4.55. The van der Waals surface area contributed by atoms with Crippen molar-refractivity contribution in [2.45, 2.75) is 32.9 Å². The third-order valence-corrected chi connectivity index (χ3v) is 5.61. The van der Waals surface area contributed by atoms with E-state index in [-0.39, 0.29) is 5.91 Å². The van der Waals surface area contributed by atoms with Crippen LogP contribution in [0.1, 0.15) is 31.5 Å². The number of benzene rings is 1. The van der Waals surface area contributed by atoms with E-state index in [2.05, 4.69) is 41.2 Å². The van der Waals surface area contributed by atoms with E-state index in [1.54, 1.807) is 0 Å². The second-order valence-electron chi connectivity index (χ2n) is 6.37. The van der Waals surface area contributed by atoms with Crippen molar-refractivity contribution in [3.05, 3.63) is 51.0 Å². The summed E-state index contributed by atoms with van der Waals surface area (Å²) in [6.07, 6.45) is 0.991. The van der Waals surface area contributed by atoms with Crippen molar-refractivity contribution in [3.63, 3.8) is 0 Å². The predicted octanol–water partition coefficient (Wildman–Crippen LogP) is 2.89. The summed E-state index contributed by atoms with van der Waals surface area (Å²) in [6.45, 7) is 5.54. The number of likely N-dealkylation sites (N-methyl/N-ethyl adjacent to an activating group) is 2. The summed E-state index contributed by atoms with van der Waals surface area (Å²) in [5.41, 5.74) is 3.64. The number of aryl methyl sites for hydroxylation is 2. The van der Waals surface area contributed by atoms with Crippen molar-refractivity contribution in [1.82, 2.24) is 14.8 Å². The lowest BCUT2D eigenvalue weighted by atomic mass is 9.94. The number of amides is 1. The molecule has 0 bridgehead atoms. The van der Waals surface area contributed by atoms with Gasteiger partial charge in [0.2, 0.25) is 0 Å². The zero-order valence-corrected chi connectivity index (χ0v) is 15.0. The third kappa shape index (κ3) is 3.31. The van der Waals surface area contributed by atoms with Gasteiger partial charge < -0.3 is 4.90 Å². The van der Waals surface area contributed by atoms with Gasteiger partial charge in [0.05, 0.1) is 10.7 Å². The zero-order chi connectivity index (χ0) is 16.6. The van der Waals surface area contributed by atoms with Crippen LogP contribution in [0.5, 0.6) is 0 Å². The van der Waals surface area contributed by atoms with Crippen LogP contribution >= 0.6 is 11.3 Å². The van der Waals surface area contributed by atoms with E-state index in [1.165, 1.54) is 22.5 Å². The highest BCUT2D eigenvalue weighted by atomic mass is 32.1. The fraction of sp³-hybridized carbons (Fsp3) is 0.444. The molecule has 1 aromatic heterocycles. The van der Waals surface area contributed by atoms with Crippen molar-refractivity contribution in [2.24, 2.45) is 0 Å². The first kappa shape index (κ1) is 16.1. The molecule has 0 fully saturated rings. The van der Waals surface area contributed by atoms with Gasteiger partial charge in [0, 0.05) is 26.2 Å². The molecule has 1 aromatic carbocycles. The lowest BCUT2D eigenvalue weighted by molar-refractivity contribution is 0.0737. The number of aromatic nitrogens is 1. The number of fused-ring (bicyclic) bond motifs is 1. The lowest BCUT2D eigenvalue weighted by Gasteiger charge is -2.36. The molecule has 0 radical (unpaired) electrons. The van der Waals surface area contributed by atoms with Gasteiger partial charge in [-0.2, -0.15) is 0 Å². The maximum atomic E-state index is 12.7. The van der Waals surface area contributed by atoms with Gasteiger partial charge in [-0.15, -0.1) is 11.3 Å².